The molecule has 0 unspecified atom stereocenters. The second kappa shape index (κ2) is 9.94. The van der Waals surface area contributed by atoms with Crippen molar-refractivity contribution in [3.8, 4) is 5.69 Å². The summed E-state index contributed by atoms with van der Waals surface area (Å²) < 4.78 is 38.7. The number of morpholine rings is 1. The molecule has 33 heavy (non-hydrogen) atoms. The lowest BCUT2D eigenvalue weighted by atomic mass is 10.3. The Morgan fingerprint density at radius 1 is 1.06 bits per heavy atom. The molecule has 1 saturated heterocycles. The first kappa shape index (κ1) is 22.6. The molecule has 0 saturated carbocycles. The molecule has 1 aromatic heterocycles. The number of nitrogens with zero attached hydrogens (tertiary/aromatic N) is 3. The highest BCUT2D eigenvalue weighted by Crippen LogP contribution is 2.20. The second-order valence-electron chi connectivity index (χ2n) is 7.18. The summed E-state index contributed by atoms with van der Waals surface area (Å²) in [4.78, 5) is 24.6. The Kier molecular flexibility index (Phi) is 6.82. The van der Waals surface area contributed by atoms with Crippen LogP contribution in [0.3, 0.4) is 0 Å². The van der Waals surface area contributed by atoms with Gasteiger partial charge in [-0.1, -0.05) is 24.3 Å². The zero-order valence-corrected chi connectivity index (χ0v) is 18.4. The Morgan fingerprint density at radius 3 is 2.58 bits per heavy atom. The van der Waals surface area contributed by atoms with Gasteiger partial charge in [0.15, 0.2) is 6.61 Å². The van der Waals surface area contributed by atoms with Crippen molar-refractivity contribution in [1.29, 1.82) is 0 Å². The maximum atomic E-state index is 12.8. The van der Waals surface area contributed by atoms with Crippen LogP contribution in [0.5, 0.6) is 0 Å². The van der Waals surface area contributed by atoms with E-state index in [-0.39, 0.29) is 29.2 Å². The third-order valence-corrected chi connectivity index (χ3v) is 6.79. The zero-order chi connectivity index (χ0) is 23.3. The first-order valence-electron chi connectivity index (χ1n) is 10.2. The first-order valence-corrected chi connectivity index (χ1v) is 11.6. The molecule has 172 valence electrons. The predicted molar refractivity (Wildman–Crippen MR) is 118 cm³/mol. The van der Waals surface area contributed by atoms with Crippen molar-refractivity contribution in [3.63, 3.8) is 0 Å². The summed E-state index contributed by atoms with van der Waals surface area (Å²) in [7, 11) is -3.70. The Morgan fingerprint density at radius 2 is 1.82 bits per heavy atom. The van der Waals surface area contributed by atoms with Gasteiger partial charge >= 0.3 is 5.97 Å². The number of benzene rings is 2. The number of rotatable bonds is 7. The number of para-hydroxylation sites is 1. The van der Waals surface area contributed by atoms with Crippen molar-refractivity contribution in [2.24, 2.45) is 0 Å². The Balaban J connectivity index is 1.34. The fourth-order valence-corrected chi connectivity index (χ4v) is 4.69. The monoisotopic (exact) mass is 470 g/mol. The van der Waals surface area contributed by atoms with E-state index in [4.69, 9.17) is 9.47 Å². The van der Waals surface area contributed by atoms with Crippen molar-refractivity contribution < 1.29 is 27.5 Å². The fraction of sp³-hybridized carbons (Fsp3) is 0.227. The van der Waals surface area contributed by atoms with Gasteiger partial charge in [-0.2, -0.15) is 9.40 Å². The van der Waals surface area contributed by atoms with Gasteiger partial charge in [0.2, 0.25) is 10.0 Å². The molecule has 1 aliphatic heterocycles. The Bertz CT molecular complexity index is 1240. The Labute approximate surface area is 190 Å². The van der Waals surface area contributed by atoms with Gasteiger partial charge in [0.1, 0.15) is 0 Å². The minimum Gasteiger partial charge on any atom is -0.452 e. The van der Waals surface area contributed by atoms with Gasteiger partial charge in [0.25, 0.3) is 5.91 Å². The van der Waals surface area contributed by atoms with E-state index in [1.807, 2.05) is 30.3 Å². The van der Waals surface area contributed by atoms with E-state index < -0.39 is 28.5 Å². The molecule has 1 amide bonds. The largest absolute Gasteiger partial charge is 0.452 e. The van der Waals surface area contributed by atoms with Crippen LogP contribution >= 0.6 is 0 Å². The molecule has 0 bridgehead atoms. The van der Waals surface area contributed by atoms with E-state index in [1.54, 1.807) is 6.07 Å². The lowest BCUT2D eigenvalue weighted by Gasteiger charge is -2.26. The maximum absolute atomic E-state index is 12.8. The van der Waals surface area contributed by atoms with Gasteiger partial charge < -0.3 is 14.8 Å². The number of hydrogen-bond acceptors (Lipinski definition) is 7. The predicted octanol–water partition coefficient (Wildman–Crippen LogP) is 1.69. The van der Waals surface area contributed by atoms with Crippen molar-refractivity contribution in [1.82, 2.24) is 14.1 Å². The van der Waals surface area contributed by atoms with E-state index in [0.29, 0.717) is 13.2 Å². The van der Waals surface area contributed by atoms with Crippen LogP contribution in [-0.4, -0.2) is 67.3 Å². The van der Waals surface area contributed by atoms with Crippen molar-refractivity contribution in [3.05, 3.63) is 72.6 Å². The molecule has 0 aliphatic carbocycles. The molecule has 1 aliphatic rings. The van der Waals surface area contributed by atoms with E-state index in [9.17, 15) is 18.0 Å². The molecule has 0 atom stereocenters. The normalized spacial score (nSPS) is 14.5. The number of ether oxygens (including phenoxy) is 2. The minimum atomic E-state index is -3.70. The summed E-state index contributed by atoms with van der Waals surface area (Å²) in [5.41, 5.74) is 1.26. The molecule has 1 fully saturated rings. The second-order valence-corrected chi connectivity index (χ2v) is 9.12. The molecular weight excluding hydrogens is 448 g/mol. The topological polar surface area (TPSA) is 120 Å². The average Bonchev–Trinajstić information content (AvgIpc) is 3.34. The summed E-state index contributed by atoms with van der Waals surface area (Å²) in [5.74, 6) is -1.30. The van der Waals surface area contributed by atoms with Crippen molar-refractivity contribution in [2.75, 3.05) is 38.2 Å². The van der Waals surface area contributed by atoms with Gasteiger partial charge in [-0.05, 0) is 30.3 Å². The van der Waals surface area contributed by atoms with E-state index in [2.05, 4.69) is 10.4 Å². The number of esters is 1. The Hall–Kier alpha value is -3.54. The van der Waals surface area contributed by atoms with Gasteiger partial charge in [0, 0.05) is 25.0 Å². The molecule has 2 heterocycles. The summed E-state index contributed by atoms with van der Waals surface area (Å²) in [5, 5.41) is 6.67. The molecule has 4 rings (SSSR count). The highest BCUT2D eigenvalue weighted by Gasteiger charge is 2.26. The summed E-state index contributed by atoms with van der Waals surface area (Å²) in [6.45, 7) is 0.692. The SMILES string of the molecule is O=C(COC(=O)c1cnn(-c2ccccc2)c1)Nc1cccc(S(=O)(=O)N2CCOCC2)c1. The minimum absolute atomic E-state index is 0.0625. The quantitative estimate of drug-likeness (QED) is 0.522. The first-order chi connectivity index (χ1) is 15.9. The number of anilines is 1. The van der Waals surface area contributed by atoms with Gasteiger partial charge in [0.05, 0.1) is 35.6 Å². The van der Waals surface area contributed by atoms with Crippen LogP contribution < -0.4 is 5.32 Å². The average molecular weight is 471 g/mol. The molecule has 10 nitrogen and oxygen atoms in total. The van der Waals surface area contributed by atoms with Crippen LogP contribution in [0.2, 0.25) is 0 Å². The lowest BCUT2D eigenvalue weighted by molar-refractivity contribution is -0.119. The number of aromatic nitrogens is 2. The lowest BCUT2D eigenvalue weighted by Crippen LogP contribution is -2.40. The highest BCUT2D eigenvalue weighted by atomic mass is 32.2. The van der Waals surface area contributed by atoms with Crippen molar-refractivity contribution in [2.45, 2.75) is 4.90 Å². The number of nitrogens with one attached hydrogen (secondary N) is 1. The number of amides is 1. The molecule has 3 aromatic rings. The summed E-state index contributed by atoms with van der Waals surface area (Å²) in [6, 6.07) is 15.2. The van der Waals surface area contributed by atoms with Crippen LogP contribution in [0.15, 0.2) is 71.9 Å². The highest BCUT2D eigenvalue weighted by molar-refractivity contribution is 7.89. The number of carbonyl (C=O) groups excluding carboxylic acids is 2. The van der Waals surface area contributed by atoms with Gasteiger partial charge in [-0.3, -0.25) is 4.79 Å². The fourth-order valence-electron chi connectivity index (χ4n) is 3.23. The van der Waals surface area contributed by atoms with Gasteiger partial charge in [-0.25, -0.2) is 17.9 Å². The van der Waals surface area contributed by atoms with E-state index in [0.717, 1.165) is 5.69 Å². The summed E-state index contributed by atoms with van der Waals surface area (Å²) in [6.07, 6.45) is 2.86. The van der Waals surface area contributed by atoms with Crippen LogP contribution in [-0.2, 0) is 24.3 Å². The number of hydrogen-bond donors (Lipinski definition) is 1. The van der Waals surface area contributed by atoms with Crippen LogP contribution in [0.1, 0.15) is 10.4 Å². The third kappa shape index (κ3) is 5.45. The molecule has 11 heteroatoms. The standard InChI is InChI=1S/C22H22N4O6S/c27-21(16-32-22(28)17-14-23-26(15-17)19-6-2-1-3-7-19)24-18-5-4-8-20(13-18)33(29,30)25-9-11-31-12-10-25/h1-8,13-15H,9-12,16H2,(H,24,27). The van der Waals surface area contributed by atoms with Crippen LogP contribution in [0, 0.1) is 0 Å². The summed E-state index contributed by atoms with van der Waals surface area (Å²) >= 11 is 0. The zero-order valence-electron chi connectivity index (χ0n) is 17.6. The van der Waals surface area contributed by atoms with E-state index >= 15 is 0 Å². The molecular formula is C22H22N4O6S. The molecule has 0 radical (unpaired) electrons. The van der Waals surface area contributed by atoms with E-state index in [1.165, 1.54) is 39.6 Å². The van der Waals surface area contributed by atoms with Crippen molar-refractivity contribution >= 4 is 27.6 Å². The number of carbonyl (C=O) groups is 2. The smallest absolute Gasteiger partial charge is 0.341 e. The molecule has 1 N–H and O–H groups in total. The van der Waals surface area contributed by atoms with Crippen LogP contribution in [0.4, 0.5) is 5.69 Å². The van der Waals surface area contributed by atoms with Crippen LogP contribution in [0.25, 0.3) is 5.69 Å². The number of sulfonamides is 1. The maximum Gasteiger partial charge on any atom is 0.341 e. The molecule has 0 spiro atoms. The third-order valence-electron chi connectivity index (χ3n) is 4.90. The molecule has 2 aromatic carbocycles. The van der Waals surface area contributed by atoms with Gasteiger partial charge in [-0.15, -0.1) is 0 Å².